The fourth-order valence-electron chi connectivity index (χ4n) is 0.888. The van der Waals surface area contributed by atoms with Crippen LogP contribution in [0, 0.1) is 7.14 Å². The van der Waals surface area contributed by atoms with Crippen LogP contribution in [0.25, 0.3) is 0 Å². The van der Waals surface area contributed by atoms with Crippen molar-refractivity contribution in [2.75, 3.05) is 0 Å². The van der Waals surface area contributed by atoms with E-state index in [9.17, 15) is 0 Å². The SMILES string of the molecule is C[Si](C)(C)Oc1ccc(I)cc1I. The zero-order chi connectivity index (χ0) is 10.1. The van der Waals surface area contributed by atoms with Gasteiger partial charge in [-0.1, -0.05) is 0 Å². The van der Waals surface area contributed by atoms with Crippen molar-refractivity contribution in [3.05, 3.63) is 25.3 Å². The summed E-state index contributed by atoms with van der Waals surface area (Å²) in [7, 11) is -1.45. The van der Waals surface area contributed by atoms with Crippen molar-refractivity contribution < 1.29 is 4.43 Å². The molecule has 0 aliphatic carbocycles. The Labute approximate surface area is 108 Å². The minimum Gasteiger partial charge on any atom is -0.544 e. The molecule has 0 saturated carbocycles. The summed E-state index contributed by atoms with van der Waals surface area (Å²) in [5, 5.41) is 0. The molecule has 0 radical (unpaired) electrons. The quantitative estimate of drug-likeness (QED) is 0.519. The largest absolute Gasteiger partial charge is 0.544 e. The molecule has 0 atom stereocenters. The molecule has 0 N–H and O–H groups in total. The van der Waals surface area contributed by atoms with Gasteiger partial charge in [0.1, 0.15) is 5.75 Å². The zero-order valence-electron chi connectivity index (χ0n) is 7.90. The molecule has 0 saturated heterocycles. The third kappa shape index (κ3) is 4.16. The van der Waals surface area contributed by atoms with Gasteiger partial charge in [-0.2, -0.15) is 0 Å². The van der Waals surface area contributed by atoms with Crippen LogP contribution in [0.4, 0.5) is 0 Å². The molecule has 72 valence electrons. The van der Waals surface area contributed by atoms with E-state index < -0.39 is 8.32 Å². The van der Waals surface area contributed by atoms with Crippen LogP contribution in [-0.4, -0.2) is 8.32 Å². The molecular formula is C9H12I2OSi. The van der Waals surface area contributed by atoms with Gasteiger partial charge in [-0.25, -0.2) is 0 Å². The first-order valence-corrected chi connectivity index (χ1v) is 9.59. The van der Waals surface area contributed by atoms with Crippen molar-refractivity contribution in [3.63, 3.8) is 0 Å². The summed E-state index contributed by atoms with van der Waals surface area (Å²) in [6.07, 6.45) is 0. The summed E-state index contributed by atoms with van der Waals surface area (Å²) in [4.78, 5) is 0. The van der Waals surface area contributed by atoms with Crippen LogP contribution >= 0.6 is 45.2 Å². The molecule has 0 aliphatic heterocycles. The van der Waals surface area contributed by atoms with E-state index in [2.05, 4.69) is 83.0 Å². The highest BCUT2D eigenvalue weighted by Gasteiger charge is 2.17. The molecule has 0 spiro atoms. The monoisotopic (exact) mass is 418 g/mol. The van der Waals surface area contributed by atoms with Gasteiger partial charge < -0.3 is 4.43 Å². The number of benzene rings is 1. The molecule has 0 aromatic heterocycles. The highest BCUT2D eigenvalue weighted by molar-refractivity contribution is 14.1. The van der Waals surface area contributed by atoms with Crippen molar-refractivity contribution in [1.29, 1.82) is 0 Å². The van der Waals surface area contributed by atoms with E-state index in [4.69, 9.17) is 4.43 Å². The van der Waals surface area contributed by atoms with E-state index in [1.165, 1.54) is 7.14 Å². The van der Waals surface area contributed by atoms with Crippen LogP contribution in [0.1, 0.15) is 0 Å². The minimum absolute atomic E-state index is 1.03. The van der Waals surface area contributed by atoms with E-state index in [0.29, 0.717) is 0 Å². The molecule has 4 heteroatoms. The molecule has 0 fully saturated rings. The fraction of sp³-hybridized carbons (Fsp3) is 0.333. The lowest BCUT2D eigenvalue weighted by Crippen LogP contribution is -2.29. The van der Waals surface area contributed by atoms with Gasteiger partial charge in [-0.05, 0) is 83.0 Å². The average Bonchev–Trinajstić information content (AvgIpc) is 1.93. The van der Waals surface area contributed by atoms with E-state index >= 15 is 0 Å². The number of rotatable bonds is 2. The molecule has 1 aromatic rings. The average molecular weight is 418 g/mol. The Hall–Kier alpha value is 0.697. The third-order valence-corrected chi connectivity index (χ3v) is 3.66. The second-order valence-corrected chi connectivity index (χ2v) is 10.6. The molecule has 1 aromatic carbocycles. The molecule has 0 bridgehead atoms. The fourth-order valence-corrected chi connectivity index (χ4v) is 3.65. The topological polar surface area (TPSA) is 9.23 Å². The van der Waals surface area contributed by atoms with Crippen molar-refractivity contribution in [3.8, 4) is 5.75 Å². The normalized spacial score (nSPS) is 11.5. The van der Waals surface area contributed by atoms with Gasteiger partial charge in [0.05, 0.1) is 3.57 Å². The highest BCUT2D eigenvalue weighted by Crippen LogP contribution is 2.25. The Kier molecular flexibility index (Phi) is 4.05. The summed E-state index contributed by atoms with van der Waals surface area (Å²) >= 11 is 4.63. The van der Waals surface area contributed by atoms with Gasteiger partial charge in [0.15, 0.2) is 0 Å². The van der Waals surface area contributed by atoms with Crippen molar-refractivity contribution >= 4 is 53.5 Å². The standard InChI is InChI=1S/C9H12I2OSi/c1-13(2,3)12-9-5-4-7(10)6-8(9)11/h4-6H,1-3H3. The van der Waals surface area contributed by atoms with Gasteiger partial charge in [0, 0.05) is 3.57 Å². The molecule has 1 rings (SSSR count). The predicted octanol–water partition coefficient (Wildman–Crippen LogP) is 4.11. The minimum atomic E-state index is -1.45. The lowest BCUT2D eigenvalue weighted by atomic mass is 10.3. The molecular weight excluding hydrogens is 406 g/mol. The van der Waals surface area contributed by atoms with Crippen molar-refractivity contribution in [1.82, 2.24) is 0 Å². The van der Waals surface area contributed by atoms with Gasteiger partial charge in [0.25, 0.3) is 0 Å². The Morgan fingerprint density at radius 3 is 2.23 bits per heavy atom. The molecule has 1 nitrogen and oxygen atoms in total. The Morgan fingerprint density at radius 1 is 1.15 bits per heavy atom. The van der Waals surface area contributed by atoms with E-state index in [1.807, 2.05) is 0 Å². The lowest BCUT2D eigenvalue weighted by Gasteiger charge is -2.20. The molecule has 0 aliphatic rings. The second kappa shape index (κ2) is 4.48. The number of halogens is 2. The van der Waals surface area contributed by atoms with Gasteiger partial charge in [-0.3, -0.25) is 0 Å². The van der Waals surface area contributed by atoms with Gasteiger partial charge >= 0.3 is 0 Å². The first-order valence-electron chi connectivity index (χ1n) is 4.02. The van der Waals surface area contributed by atoms with Gasteiger partial charge in [0.2, 0.25) is 8.32 Å². The zero-order valence-corrected chi connectivity index (χ0v) is 13.2. The van der Waals surface area contributed by atoms with Crippen LogP contribution in [-0.2, 0) is 0 Å². The van der Waals surface area contributed by atoms with Gasteiger partial charge in [-0.15, -0.1) is 0 Å². The summed E-state index contributed by atoms with van der Waals surface area (Å²) in [5.41, 5.74) is 0. The summed E-state index contributed by atoms with van der Waals surface area (Å²) < 4.78 is 8.37. The summed E-state index contributed by atoms with van der Waals surface area (Å²) in [6, 6.07) is 6.27. The number of hydrogen-bond acceptors (Lipinski definition) is 1. The summed E-state index contributed by atoms with van der Waals surface area (Å²) in [6.45, 7) is 6.59. The third-order valence-electron chi connectivity index (χ3n) is 1.31. The smallest absolute Gasteiger partial charge is 0.242 e. The maximum Gasteiger partial charge on any atom is 0.242 e. The van der Waals surface area contributed by atoms with Crippen LogP contribution in [0.2, 0.25) is 19.6 Å². The highest BCUT2D eigenvalue weighted by atomic mass is 127. The molecule has 0 unspecified atom stereocenters. The number of hydrogen-bond donors (Lipinski definition) is 0. The summed E-state index contributed by atoms with van der Waals surface area (Å²) in [5.74, 6) is 1.03. The van der Waals surface area contributed by atoms with Crippen molar-refractivity contribution in [2.45, 2.75) is 19.6 Å². The van der Waals surface area contributed by atoms with Crippen LogP contribution in [0.15, 0.2) is 18.2 Å². The Bertz CT molecular complexity index is 307. The Morgan fingerprint density at radius 2 is 1.77 bits per heavy atom. The molecule has 0 amide bonds. The van der Waals surface area contributed by atoms with E-state index in [0.717, 1.165) is 5.75 Å². The van der Waals surface area contributed by atoms with E-state index in [-0.39, 0.29) is 0 Å². The maximum atomic E-state index is 5.92. The van der Waals surface area contributed by atoms with E-state index in [1.54, 1.807) is 0 Å². The molecule has 13 heavy (non-hydrogen) atoms. The first-order chi connectivity index (χ1) is 5.88. The molecule has 0 heterocycles. The van der Waals surface area contributed by atoms with Crippen LogP contribution in [0.5, 0.6) is 5.75 Å². The van der Waals surface area contributed by atoms with Crippen LogP contribution < -0.4 is 4.43 Å². The van der Waals surface area contributed by atoms with Crippen molar-refractivity contribution in [2.24, 2.45) is 0 Å². The maximum absolute atomic E-state index is 5.92. The lowest BCUT2D eigenvalue weighted by molar-refractivity contribution is 0.553. The predicted molar refractivity (Wildman–Crippen MR) is 75.9 cm³/mol. The Balaban J connectivity index is 2.90. The second-order valence-electron chi connectivity index (χ2n) is 3.79. The first kappa shape index (κ1) is 11.8. The van der Waals surface area contributed by atoms with Crippen LogP contribution in [0.3, 0.4) is 0 Å².